The van der Waals surface area contributed by atoms with Crippen molar-refractivity contribution in [3.63, 3.8) is 0 Å². The smallest absolute Gasteiger partial charge is 1.00 e. The molecule has 4 rings (SSSR count). The molecule has 2 aromatic carbocycles. The summed E-state index contributed by atoms with van der Waals surface area (Å²) in [6, 6.07) is 6.76. The predicted octanol–water partition coefficient (Wildman–Crippen LogP) is -1.84. The summed E-state index contributed by atoms with van der Waals surface area (Å²) in [6.45, 7) is 12.0. The van der Waals surface area contributed by atoms with Gasteiger partial charge in [0.25, 0.3) is 0 Å². The molecule has 0 N–H and O–H groups in total. The third kappa shape index (κ3) is 4.29. The fourth-order valence-electron chi connectivity index (χ4n) is 3.91. The van der Waals surface area contributed by atoms with Crippen molar-refractivity contribution in [3.05, 3.63) is 42.0 Å². The molecule has 0 aromatic heterocycles. The van der Waals surface area contributed by atoms with E-state index in [-0.39, 0.29) is 51.0 Å². The number of benzene rings is 1. The summed E-state index contributed by atoms with van der Waals surface area (Å²) in [4.78, 5) is 0. The molecule has 0 spiro atoms. The van der Waals surface area contributed by atoms with Gasteiger partial charge in [0.05, 0.1) is 5.75 Å². The number of halogens is 2. The maximum atomic E-state index is 6.47. The molecule has 1 aliphatic carbocycles. The molecular weight excluding hydrogens is 491 g/mol. The van der Waals surface area contributed by atoms with Crippen LogP contribution < -0.4 is 39.6 Å². The largest absolute Gasteiger partial charge is 3.00 e. The molecule has 1 unspecified atom stereocenters. The van der Waals surface area contributed by atoms with E-state index in [4.69, 9.17) is 8.85 Å². The van der Waals surface area contributed by atoms with Crippen molar-refractivity contribution >= 4 is 43.4 Å². The number of allylic oxidation sites excluding steroid dienone is 4. The molecule has 2 aliphatic rings. The van der Waals surface area contributed by atoms with Gasteiger partial charge >= 0.3 is 26.2 Å². The third-order valence-electron chi connectivity index (χ3n) is 4.89. The van der Waals surface area contributed by atoms with Gasteiger partial charge in [-0.3, -0.25) is 0 Å². The first-order chi connectivity index (χ1) is 11.3. The molecule has 2 nitrogen and oxygen atoms in total. The van der Waals surface area contributed by atoms with E-state index in [2.05, 4.69) is 69.5 Å². The Labute approximate surface area is 196 Å². The molecule has 27 heavy (non-hydrogen) atoms. The number of hydrogen-bond donors (Lipinski definition) is 0. The van der Waals surface area contributed by atoms with Crippen LogP contribution in [0.25, 0.3) is 16.3 Å². The van der Waals surface area contributed by atoms with Crippen LogP contribution in [0.2, 0.25) is 26.2 Å². The van der Waals surface area contributed by atoms with E-state index in [0.29, 0.717) is 0 Å². The van der Waals surface area contributed by atoms with Gasteiger partial charge in [0.15, 0.2) is 8.32 Å². The van der Waals surface area contributed by atoms with Gasteiger partial charge in [0.2, 0.25) is 8.32 Å². The van der Waals surface area contributed by atoms with Crippen LogP contribution in [0.1, 0.15) is 18.9 Å². The van der Waals surface area contributed by atoms with Crippen molar-refractivity contribution < 1.29 is 59.9 Å². The number of hydrogen-bond acceptors (Lipinski definition) is 2. The Bertz CT molecular complexity index is 899. The van der Waals surface area contributed by atoms with Gasteiger partial charge in [0, 0.05) is 6.61 Å². The summed E-state index contributed by atoms with van der Waals surface area (Å²) in [5.41, 5.74) is 2.69. The monoisotopic (exact) mass is 513 g/mol. The van der Waals surface area contributed by atoms with Gasteiger partial charge in [0.1, 0.15) is 0 Å². The molecule has 2 aromatic rings. The second kappa shape index (κ2) is 8.77. The zero-order valence-corrected chi connectivity index (χ0v) is 22.4. The molecule has 0 bridgehead atoms. The second-order valence-electron chi connectivity index (χ2n) is 7.84. The zero-order chi connectivity index (χ0) is 17.1. The van der Waals surface area contributed by atoms with Crippen LogP contribution in [0.5, 0.6) is 5.75 Å². The first-order valence-electron chi connectivity index (χ1n) is 8.81. The quantitative estimate of drug-likeness (QED) is 0.344. The minimum atomic E-state index is -1.78. The maximum Gasteiger partial charge on any atom is 3.00 e. The van der Waals surface area contributed by atoms with E-state index in [0.717, 1.165) is 18.8 Å². The molecule has 0 saturated heterocycles. The average Bonchev–Trinajstić information content (AvgIpc) is 2.94. The first-order valence-corrected chi connectivity index (χ1v) is 14.6. The molecule has 1 heterocycles. The first kappa shape index (κ1) is 25.0. The van der Waals surface area contributed by atoms with Crippen molar-refractivity contribution in [2.75, 3.05) is 6.61 Å². The Morgan fingerprint density at radius 2 is 1.89 bits per heavy atom. The summed E-state index contributed by atoms with van der Waals surface area (Å²) in [5.74, 6) is 1.06. The van der Waals surface area contributed by atoms with E-state index in [1.54, 1.807) is 0 Å². The Balaban J connectivity index is 0.00000121. The summed E-state index contributed by atoms with van der Waals surface area (Å²) in [7, 11) is -3.45. The van der Waals surface area contributed by atoms with Gasteiger partial charge in [-0.25, -0.2) is 0 Å². The molecule has 1 radical (unpaired) electrons. The van der Waals surface area contributed by atoms with E-state index >= 15 is 0 Å². The fourth-order valence-corrected chi connectivity index (χ4v) is 8.29. The molecule has 0 amide bonds. The Morgan fingerprint density at radius 1 is 1.19 bits per heavy atom. The molecule has 1 aliphatic heterocycles. The van der Waals surface area contributed by atoms with E-state index < -0.39 is 16.6 Å². The minimum Gasteiger partial charge on any atom is -1.00 e. The molecule has 1 atom stereocenters. The van der Waals surface area contributed by atoms with Crippen LogP contribution in [-0.2, 0) is 30.6 Å². The molecule has 7 heteroatoms. The summed E-state index contributed by atoms with van der Waals surface area (Å²) in [6.07, 6.45) is 7.63. The van der Waals surface area contributed by atoms with Gasteiger partial charge < -0.3 is 33.7 Å². The number of fused-ring (bicyclic) bond motifs is 3. The minimum absolute atomic E-state index is 0. The normalized spacial score (nSPS) is 19.5. The Hall–Kier alpha value is -0.0331. The topological polar surface area (TPSA) is 18.5 Å². The van der Waals surface area contributed by atoms with Crippen LogP contribution in [0, 0.1) is 0 Å². The third-order valence-corrected chi connectivity index (χ3v) is 9.23. The van der Waals surface area contributed by atoms with Crippen molar-refractivity contribution in [1.82, 2.24) is 0 Å². The Morgan fingerprint density at radius 3 is 2.44 bits per heavy atom. The van der Waals surface area contributed by atoms with Gasteiger partial charge in [-0.1, -0.05) is 24.3 Å². The predicted molar refractivity (Wildman–Crippen MR) is 108 cm³/mol. The van der Waals surface area contributed by atoms with Crippen LogP contribution in [0.4, 0.5) is 0 Å². The molecule has 0 fully saturated rings. The van der Waals surface area contributed by atoms with Crippen LogP contribution in [0.15, 0.2) is 36.4 Å². The molecule has 0 saturated carbocycles. The zero-order valence-electron chi connectivity index (χ0n) is 16.5. The summed E-state index contributed by atoms with van der Waals surface area (Å²) < 4.78 is 12.7. The van der Waals surface area contributed by atoms with E-state index in [1.807, 2.05) is 0 Å². The second-order valence-corrected chi connectivity index (χ2v) is 15.7. The maximum absolute atomic E-state index is 6.47. The number of rotatable bonds is 5. The SMILES string of the molecule is CCO[Si]1(C)c2[cH-]c3ccc(O[Si](C)(C)C)c(C4=CC=CC4)c3c21.[Cl-].[Cl-].[Zr+3]. The van der Waals surface area contributed by atoms with Crippen molar-refractivity contribution in [3.8, 4) is 5.75 Å². The van der Waals surface area contributed by atoms with Crippen LogP contribution in [0.3, 0.4) is 0 Å². The standard InChI is InChI=1S/C20H25O2Si2.2ClH.Zr/c1-6-21-24(5)17-13-15-11-12-16(22-23(2,3)4)18(19(15)20(17)24)14-9-7-8-10-14;;;/h7-9,11-13H,6,10H2,1-5H3;2*1H;/q-1;;;+3/p-2. The van der Waals surface area contributed by atoms with E-state index in [1.165, 1.54) is 32.3 Å². The van der Waals surface area contributed by atoms with Gasteiger partial charge in [-0.15, -0.1) is 33.3 Å². The van der Waals surface area contributed by atoms with Crippen molar-refractivity contribution in [2.24, 2.45) is 0 Å². The van der Waals surface area contributed by atoms with E-state index in [9.17, 15) is 0 Å². The van der Waals surface area contributed by atoms with Gasteiger partial charge in [-0.05, 0) is 50.7 Å². The van der Waals surface area contributed by atoms with Crippen LogP contribution >= 0.6 is 0 Å². The van der Waals surface area contributed by atoms with Gasteiger partial charge in [-0.2, -0.15) is 0 Å². The van der Waals surface area contributed by atoms with Crippen molar-refractivity contribution in [2.45, 2.75) is 39.5 Å². The Kier molecular flexibility index (Phi) is 8.12. The average molecular weight is 516 g/mol. The summed E-state index contributed by atoms with van der Waals surface area (Å²) >= 11 is 0. The van der Waals surface area contributed by atoms with Crippen LogP contribution in [-0.4, -0.2) is 23.2 Å². The van der Waals surface area contributed by atoms with Crippen molar-refractivity contribution in [1.29, 1.82) is 0 Å². The molecular formula is C20H25Cl2O2Si2Zr. The summed E-state index contributed by atoms with van der Waals surface area (Å²) in [5, 5.41) is 5.73. The molecule has 143 valence electrons. The fraction of sp³-hybridized carbons (Fsp3) is 0.350.